The minimum atomic E-state index is -1.58. The number of ether oxygens (including phenoxy) is 4. The number of H-pyrrole nitrogens is 1. The smallest absolute Gasteiger partial charge is 0.337 e. The molecule has 6 rings (SSSR count). The van der Waals surface area contributed by atoms with E-state index in [9.17, 15) is 25.2 Å². The van der Waals surface area contributed by atoms with Crippen molar-refractivity contribution < 1.29 is 44.2 Å². The van der Waals surface area contributed by atoms with E-state index in [0.717, 1.165) is 29.7 Å². The molecule has 11 nitrogen and oxygen atoms in total. The van der Waals surface area contributed by atoms with Gasteiger partial charge in [-0.3, -0.25) is 0 Å². The molecule has 1 aliphatic carbocycles. The van der Waals surface area contributed by atoms with Crippen LogP contribution in [0, 0.1) is 11.8 Å². The van der Waals surface area contributed by atoms with Gasteiger partial charge < -0.3 is 49.7 Å². The van der Waals surface area contributed by atoms with Gasteiger partial charge in [0.05, 0.1) is 37.5 Å². The van der Waals surface area contributed by atoms with E-state index in [1.807, 2.05) is 18.2 Å². The summed E-state index contributed by atoms with van der Waals surface area (Å²) in [5.74, 6) is -1.25. The summed E-state index contributed by atoms with van der Waals surface area (Å²) in [5, 5.41) is 45.3. The fourth-order valence-electron chi connectivity index (χ4n) is 6.28. The quantitative estimate of drug-likeness (QED) is 0.233. The third kappa shape index (κ3) is 4.06. The Kier molecular flexibility index (Phi) is 6.77. The van der Waals surface area contributed by atoms with Gasteiger partial charge in [-0.1, -0.05) is 24.3 Å². The molecule has 4 heterocycles. The van der Waals surface area contributed by atoms with Crippen LogP contribution < -0.4 is 5.32 Å². The molecule has 38 heavy (non-hydrogen) atoms. The zero-order chi connectivity index (χ0) is 26.6. The van der Waals surface area contributed by atoms with Gasteiger partial charge in [-0.25, -0.2) is 4.79 Å². The lowest BCUT2D eigenvalue weighted by Gasteiger charge is -2.43. The lowest BCUT2D eigenvalue weighted by Crippen LogP contribution is -2.60. The number of aliphatic hydroxyl groups excluding tert-OH is 4. The monoisotopic (exact) mass is 528 g/mol. The molecule has 2 aromatic rings. The molecule has 1 aromatic carbocycles. The van der Waals surface area contributed by atoms with Gasteiger partial charge in [0.15, 0.2) is 6.29 Å². The molecular weight excluding hydrogens is 496 g/mol. The minimum Gasteiger partial charge on any atom is -0.471 e. The number of rotatable bonds is 5. The van der Waals surface area contributed by atoms with Crippen molar-refractivity contribution in [3.63, 3.8) is 0 Å². The number of carbonyl (C=O) groups excluding carboxylic acids is 1. The number of aliphatic hydroxyl groups is 4. The summed E-state index contributed by atoms with van der Waals surface area (Å²) in [4.78, 5) is 16.2. The maximum Gasteiger partial charge on any atom is 0.337 e. The number of allylic oxidation sites excluding steroid dienone is 1. The van der Waals surface area contributed by atoms with Crippen molar-refractivity contribution >= 4 is 16.9 Å². The summed E-state index contributed by atoms with van der Waals surface area (Å²) in [6.45, 7) is 0.183. The van der Waals surface area contributed by atoms with Crippen LogP contribution in [0.3, 0.4) is 0 Å². The highest BCUT2D eigenvalue weighted by molar-refractivity contribution is 5.89. The molecule has 11 heteroatoms. The summed E-state index contributed by atoms with van der Waals surface area (Å²) in [6.07, 6.45) is -3.33. The maximum atomic E-state index is 12.6. The maximum absolute atomic E-state index is 12.6. The molecule has 1 saturated heterocycles. The molecule has 3 aliphatic heterocycles. The van der Waals surface area contributed by atoms with Crippen LogP contribution in [0.5, 0.6) is 0 Å². The van der Waals surface area contributed by atoms with Crippen molar-refractivity contribution in [2.75, 3.05) is 20.3 Å². The Morgan fingerprint density at radius 3 is 2.74 bits per heavy atom. The first kappa shape index (κ1) is 25.5. The zero-order valence-electron chi connectivity index (χ0n) is 20.8. The summed E-state index contributed by atoms with van der Waals surface area (Å²) >= 11 is 0. The van der Waals surface area contributed by atoms with Crippen LogP contribution in [0.2, 0.25) is 0 Å². The van der Waals surface area contributed by atoms with Crippen molar-refractivity contribution in [3.05, 3.63) is 59.0 Å². The van der Waals surface area contributed by atoms with E-state index in [2.05, 4.69) is 22.4 Å². The van der Waals surface area contributed by atoms with Crippen LogP contribution in [0.25, 0.3) is 10.9 Å². The average Bonchev–Trinajstić information content (AvgIpc) is 3.55. The van der Waals surface area contributed by atoms with E-state index in [1.165, 1.54) is 24.3 Å². The molecule has 0 radical (unpaired) electrons. The highest BCUT2D eigenvalue weighted by Gasteiger charge is 2.51. The molecule has 9 atom stereocenters. The Balaban J connectivity index is 1.34. The number of esters is 1. The first-order chi connectivity index (χ1) is 18.4. The number of hydrogen-bond acceptors (Lipinski definition) is 10. The Labute approximate surface area is 218 Å². The van der Waals surface area contributed by atoms with Crippen LogP contribution in [0.1, 0.15) is 23.7 Å². The summed E-state index contributed by atoms with van der Waals surface area (Å²) in [7, 11) is 1.32. The van der Waals surface area contributed by atoms with E-state index in [1.54, 1.807) is 0 Å². The summed E-state index contributed by atoms with van der Waals surface area (Å²) in [5.41, 5.74) is 4.67. The second-order valence-electron chi connectivity index (χ2n) is 10.2. The predicted octanol–water partition coefficient (Wildman–Crippen LogP) is 0.147. The van der Waals surface area contributed by atoms with Gasteiger partial charge in [-0.05, 0) is 30.0 Å². The first-order valence-electron chi connectivity index (χ1n) is 12.9. The minimum absolute atomic E-state index is 0.192. The Morgan fingerprint density at radius 1 is 1.13 bits per heavy atom. The molecule has 1 aromatic heterocycles. The molecule has 0 amide bonds. The predicted molar refractivity (Wildman–Crippen MR) is 132 cm³/mol. The third-order valence-electron chi connectivity index (χ3n) is 8.18. The van der Waals surface area contributed by atoms with E-state index in [4.69, 9.17) is 18.9 Å². The number of hydrogen-bond donors (Lipinski definition) is 6. The van der Waals surface area contributed by atoms with Gasteiger partial charge >= 0.3 is 5.97 Å². The number of aromatic amines is 1. The van der Waals surface area contributed by atoms with E-state index >= 15 is 0 Å². The molecule has 0 spiro atoms. The molecule has 6 N–H and O–H groups in total. The summed E-state index contributed by atoms with van der Waals surface area (Å²) < 4.78 is 22.6. The van der Waals surface area contributed by atoms with Crippen molar-refractivity contribution in [1.82, 2.24) is 10.3 Å². The van der Waals surface area contributed by atoms with Crippen molar-refractivity contribution in [1.29, 1.82) is 0 Å². The largest absolute Gasteiger partial charge is 0.471 e. The molecule has 204 valence electrons. The number of benzene rings is 1. The number of carbonyl (C=O) groups is 1. The highest BCUT2D eigenvalue weighted by Crippen LogP contribution is 2.49. The molecular formula is C27H32N2O9. The Hall–Kier alpha value is -2.77. The van der Waals surface area contributed by atoms with Crippen LogP contribution in [0.4, 0.5) is 0 Å². The van der Waals surface area contributed by atoms with E-state index < -0.39 is 55.5 Å². The standard InChI is InChI=1S/C27H32N2O9/c1-35-25(34)16-11-36-26(38-27-24(33)23(32)22(31)18(10-30)37-27)19-13(16)6-7-15(19)20-21-14(8-9-28-20)12-4-2-3-5-17(12)29-21/h2-5,7,11,13,18-20,22-24,26-33H,6,8-10H2,1H3/t13-,18+,19+,20-,22+,23-,24+,26-,27-/m1/s1. The molecule has 4 aliphatic rings. The molecule has 0 bridgehead atoms. The van der Waals surface area contributed by atoms with Gasteiger partial charge in [-0.15, -0.1) is 0 Å². The molecule has 0 unspecified atom stereocenters. The van der Waals surface area contributed by atoms with Gasteiger partial charge in [0.2, 0.25) is 6.29 Å². The van der Waals surface area contributed by atoms with Gasteiger partial charge in [-0.2, -0.15) is 0 Å². The second-order valence-corrected chi connectivity index (χ2v) is 10.2. The number of methoxy groups -OCH3 is 1. The molecule has 1 fully saturated rings. The van der Waals surface area contributed by atoms with Crippen molar-refractivity contribution in [2.45, 2.75) is 55.9 Å². The highest BCUT2D eigenvalue weighted by atomic mass is 16.8. The van der Waals surface area contributed by atoms with Gasteiger partial charge in [0, 0.05) is 29.1 Å². The second kappa shape index (κ2) is 10.1. The topological polar surface area (TPSA) is 163 Å². The third-order valence-corrected chi connectivity index (χ3v) is 8.18. The Morgan fingerprint density at radius 2 is 1.95 bits per heavy atom. The lowest BCUT2D eigenvalue weighted by molar-refractivity contribution is -0.339. The van der Waals surface area contributed by atoms with Gasteiger partial charge in [0.25, 0.3) is 0 Å². The SMILES string of the molecule is COC(=O)C1=CO[C@H](O[C@H]2O[C@@H](CO)[C@H](O)[C@@H](O)[C@@H]2O)[C@@H]2C([C@H]3NCCc4c3[nH]c3ccccc43)=CC[C@H]12. The van der Waals surface area contributed by atoms with Crippen LogP contribution >= 0.6 is 0 Å². The van der Waals surface area contributed by atoms with E-state index in [0.29, 0.717) is 12.0 Å². The van der Waals surface area contributed by atoms with Crippen molar-refractivity contribution in [2.24, 2.45) is 11.8 Å². The van der Waals surface area contributed by atoms with Crippen LogP contribution in [-0.4, -0.2) is 88.6 Å². The Bertz CT molecular complexity index is 1270. The van der Waals surface area contributed by atoms with E-state index in [-0.39, 0.29) is 12.0 Å². The summed E-state index contributed by atoms with van der Waals surface area (Å²) in [6, 6.07) is 7.97. The lowest BCUT2D eigenvalue weighted by atomic mass is 9.79. The normalized spacial score (nSPS) is 36.6. The fraction of sp³-hybridized carbons (Fsp3) is 0.519. The number of para-hydroxylation sites is 1. The average molecular weight is 529 g/mol. The molecule has 0 saturated carbocycles. The van der Waals surface area contributed by atoms with Crippen molar-refractivity contribution in [3.8, 4) is 0 Å². The fourth-order valence-corrected chi connectivity index (χ4v) is 6.28. The number of fused-ring (bicyclic) bond motifs is 4. The number of nitrogens with one attached hydrogen (secondary N) is 2. The zero-order valence-corrected chi connectivity index (χ0v) is 20.8. The van der Waals surface area contributed by atoms with Crippen LogP contribution in [-0.2, 0) is 30.2 Å². The van der Waals surface area contributed by atoms with Gasteiger partial charge in [0.1, 0.15) is 24.4 Å². The van der Waals surface area contributed by atoms with Crippen LogP contribution in [0.15, 0.2) is 47.7 Å². The first-order valence-corrected chi connectivity index (χ1v) is 12.9. The number of aromatic nitrogens is 1.